The molecule has 0 radical (unpaired) electrons. The molecule has 3 aromatic rings. The zero-order chi connectivity index (χ0) is 19.0. The van der Waals surface area contributed by atoms with Crippen LogP contribution in [-0.4, -0.2) is 11.1 Å². The molecule has 0 unspecified atom stereocenters. The Bertz CT molecular complexity index is 1070. The molecule has 6 heteroatoms. The number of benzene rings is 2. The Kier molecular flexibility index (Phi) is 4.64. The van der Waals surface area contributed by atoms with Crippen molar-refractivity contribution in [1.82, 2.24) is 0 Å². The molecule has 2 aromatic carbocycles. The van der Waals surface area contributed by atoms with E-state index in [0.29, 0.717) is 27.1 Å². The molecule has 1 aromatic heterocycles. The van der Waals surface area contributed by atoms with Gasteiger partial charge in [-0.05, 0) is 60.6 Å². The average molecular weight is 396 g/mol. The van der Waals surface area contributed by atoms with Gasteiger partial charge in [-0.3, -0.25) is 9.59 Å². The average Bonchev–Trinajstić information content (AvgIpc) is 3.23. The monoisotopic (exact) mass is 395 g/mol. The standard InChI is InChI=1S/C21H14ClNO3S/c1-13-7-8-14(22)11-17(13)18-10-9-16(26-18)12-19-20(24)23(21(25)27-19)15-5-3-2-4-6-15/h2-12H,1H3/b19-12-. The number of nitrogens with zero attached hydrogens (tertiary/aromatic N) is 1. The van der Waals surface area contributed by atoms with Gasteiger partial charge >= 0.3 is 0 Å². The lowest BCUT2D eigenvalue weighted by molar-refractivity contribution is -0.113. The second-order valence-corrected chi connectivity index (χ2v) is 7.44. The Morgan fingerprint density at radius 1 is 1.04 bits per heavy atom. The number of rotatable bonds is 3. The molecule has 2 amide bonds. The maximum Gasteiger partial charge on any atom is 0.298 e. The third kappa shape index (κ3) is 3.44. The van der Waals surface area contributed by atoms with Crippen LogP contribution in [0.25, 0.3) is 17.4 Å². The Balaban J connectivity index is 1.63. The first-order valence-electron chi connectivity index (χ1n) is 8.22. The topological polar surface area (TPSA) is 50.5 Å². The Hall–Kier alpha value is -2.76. The van der Waals surface area contributed by atoms with Crippen molar-refractivity contribution in [1.29, 1.82) is 0 Å². The van der Waals surface area contributed by atoms with Crippen molar-refractivity contribution < 1.29 is 14.0 Å². The normalized spacial score (nSPS) is 15.8. The third-order valence-corrected chi connectivity index (χ3v) is 5.28. The summed E-state index contributed by atoms with van der Waals surface area (Å²) in [7, 11) is 0. The molecule has 4 rings (SSSR count). The maximum atomic E-state index is 12.7. The van der Waals surface area contributed by atoms with Gasteiger partial charge in [-0.15, -0.1) is 0 Å². The molecule has 134 valence electrons. The van der Waals surface area contributed by atoms with Gasteiger partial charge in [-0.25, -0.2) is 4.90 Å². The number of para-hydroxylation sites is 1. The summed E-state index contributed by atoms with van der Waals surface area (Å²) in [6.07, 6.45) is 1.59. The van der Waals surface area contributed by atoms with Crippen molar-refractivity contribution >= 4 is 46.3 Å². The molecule has 27 heavy (non-hydrogen) atoms. The van der Waals surface area contributed by atoms with Crippen molar-refractivity contribution in [3.05, 3.63) is 81.9 Å². The van der Waals surface area contributed by atoms with E-state index in [2.05, 4.69) is 0 Å². The van der Waals surface area contributed by atoms with Crippen LogP contribution < -0.4 is 4.90 Å². The summed E-state index contributed by atoms with van der Waals surface area (Å²) in [6.45, 7) is 1.97. The van der Waals surface area contributed by atoms with Crippen LogP contribution >= 0.6 is 23.4 Å². The summed E-state index contributed by atoms with van der Waals surface area (Å²) in [6, 6.07) is 18.0. The molecule has 0 N–H and O–H groups in total. The molecule has 0 bridgehead atoms. The fraction of sp³-hybridized carbons (Fsp3) is 0.0476. The molecule has 0 aliphatic carbocycles. The second-order valence-electron chi connectivity index (χ2n) is 6.01. The van der Waals surface area contributed by atoms with E-state index in [9.17, 15) is 9.59 Å². The number of amides is 2. The minimum Gasteiger partial charge on any atom is -0.457 e. The van der Waals surface area contributed by atoms with Gasteiger partial charge in [0.25, 0.3) is 11.1 Å². The van der Waals surface area contributed by atoms with Gasteiger partial charge < -0.3 is 4.42 Å². The molecule has 1 fully saturated rings. The lowest BCUT2D eigenvalue weighted by Crippen LogP contribution is -2.27. The summed E-state index contributed by atoms with van der Waals surface area (Å²) in [5.74, 6) is 0.805. The van der Waals surface area contributed by atoms with E-state index in [1.54, 1.807) is 36.4 Å². The van der Waals surface area contributed by atoms with Gasteiger partial charge in [0, 0.05) is 16.7 Å². The number of hydrogen-bond donors (Lipinski definition) is 0. The number of anilines is 1. The van der Waals surface area contributed by atoms with E-state index >= 15 is 0 Å². The predicted octanol–water partition coefficient (Wildman–Crippen LogP) is 6.15. The van der Waals surface area contributed by atoms with Gasteiger partial charge in [0.1, 0.15) is 11.5 Å². The van der Waals surface area contributed by atoms with E-state index < -0.39 is 0 Å². The number of carbonyl (C=O) groups excluding carboxylic acids is 2. The number of aryl methyl sites for hydroxylation is 1. The molecule has 0 saturated carbocycles. The third-order valence-electron chi connectivity index (χ3n) is 4.17. The van der Waals surface area contributed by atoms with Crippen LogP contribution in [0.1, 0.15) is 11.3 Å². The fourth-order valence-corrected chi connectivity index (χ4v) is 3.82. The van der Waals surface area contributed by atoms with Crippen molar-refractivity contribution in [3.63, 3.8) is 0 Å². The van der Waals surface area contributed by atoms with Crippen LogP contribution in [0.5, 0.6) is 0 Å². The molecule has 0 spiro atoms. The first-order valence-corrected chi connectivity index (χ1v) is 9.42. The molecule has 1 saturated heterocycles. The van der Waals surface area contributed by atoms with E-state index in [1.165, 1.54) is 4.90 Å². The molecule has 2 heterocycles. The SMILES string of the molecule is Cc1ccc(Cl)cc1-c1ccc(/C=C2\SC(=O)N(c3ccccc3)C2=O)o1. The largest absolute Gasteiger partial charge is 0.457 e. The maximum absolute atomic E-state index is 12.7. The van der Waals surface area contributed by atoms with Crippen LogP contribution in [-0.2, 0) is 4.79 Å². The zero-order valence-corrected chi connectivity index (χ0v) is 15.9. The first-order chi connectivity index (χ1) is 13.0. The van der Waals surface area contributed by atoms with Crippen molar-refractivity contribution in [2.75, 3.05) is 4.90 Å². The quantitative estimate of drug-likeness (QED) is 0.499. The highest BCUT2D eigenvalue weighted by Gasteiger charge is 2.36. The number of furan rings is 1. The van der Waals surface area contributed by atoms with Crippen molar-refractivity contribution in [2.24, 2.45) is 0 Å². The minimum atomic E-state index is -0.354. The smallest absolute Gasteiger partial charge is 0.298 e. The molecule has 1 aliphatic heterocycles. The lowest BCUT2D eigenvalue weighted by atomic mass is 10.1. The predicted molar refractivity (Wildman–Crippen MR) is 109 cm³/mol. The summed E-state index contributed by atoms with van der Waals surface area (Å²) < 4.78 is 5.86. The van der Waals surface area contributed by atoms with Crippen molar-refractivity contribution in [2.45, 2.75) is 6.92 Å². The van der Waals surface area contributed by atoms with Crippen LogP contribution in [0.15, 0.2) is 70.0 Å². The number of thioether (sulfide) groups is 1. The van der Waals surface area contributed by atoms with Crippen LogP contribution in [0, 0.1) is 6.92 Å². The van der Waals surface area contributed by atoms with E-state index in [-0.39, 0.29) is 11.1 Å². The summed E-state index contributed by atoms with van der Waals surface area (Å²) in [5.41, 5.74) is 2.47. The molecule has 4 nitrogen and oxygen atoms in total. The second kappa shape index (κ2) is 7.10. The Labute approximate surface area is 165 Å². The Morgan fingerprint density at radius 2 is 1.81 bits per heavy atom. The van der Waals surface area contributed by atoms with Crippen LogP contribution in [0.2, 0.25) is 5.02 Å². The number of carbonyl (C=O) groups is 2. The number of hydrogen-bond acceptors (Lipinski definition) is 4. The summed E-state index contributed by atoms with van der Waals surface area (Å²) in [5, 5.41) is 0.299. The van der Waals surface area contributed by atoms with Crippen LogP contribution in [0.3, 0.4) is 0 Å². The van der Waals surface area contributed by atoms with E-state index in [4.69, 9.17) is 16.0 Å². The van der Waals surface area contributed by atoms with Gasteiger partial charge in [-0.1, -0.05) is 35.9 Å². The molecule has 0 atom stereocenters. The van der Waals surface area contributed by atoms with Gasteiger partial charge in [0.15, 0.2) is 0 Å². The summed E-state index contributed by atoms with van der Waals surface area (Å²) in [4.78, 5) is 26.4. The fourth-order valence-electron chi connectivity index (χ4n) is 2.83. The van der Waals surface area contributed by atoms with Crippen molar-refractivity contribution in [3.8, 4) is 11.3 Å². The summed E-state index contributed by atoms with van der Waals surface area (Å²) >= 11 is 6.98. The lowest BCUT2D eigenvalue weighted by Gasteiger charge is -2.11. The molecular formula is C21H14ClNO3S. The highest BCUT2D eigenvalue weighted by molar-refractivity contribution is 8.19. The number of halogens is 1. The highest BCUT2D eigenvalue weighted by Crippen LogP contribution is 2.36. The van der Waals surface area contributed by atoms with E-state index in [1.807, 2.05) is 37.3 Å². The van der Waals surface area contributed by atoms with Gasteiger partial charge in [-0.2, -0.15) is 0 Å². The Morgan fingerprint density at radius 3 is 2.59 bits per heavy atom. The number of imide groups is 1. The molecule has 1 aliphatic rings. The van der Waals surface area contributed by atoms with Crippen LogP contribution in [0.4, 0.5) is 10.5 Å². The van der Waals surface area contributed by atoms with Gasteiger partial charge in [0.2, 0.25) is 0 Å². The minimum absolute atomic E-state index is 0.324. The highest BCUT2D eigenvalue weighted by atomic mass is 35.5. The van der Waals surface area contributed by atoms with E-state index in [0.717, 1.165) is 22.9 Å². The molecular weight excluding hydrogens is 382 g/mol. The van der Waals surface area contributed by atoms with Gasteiger partial charge in [0.05, 0.1) is 10.6 Å². The first kappa shape index (κ1) is 17.6. The zero-order valence-electron chi connectivity index (χ0n) is 14.3.